The van der Waals surface area contributed by atoms with Gasteiger partial charge in [0.15, 0.2) is 5.03 Å². The zero-order valence-corrected chi connectivity index (χ0v) is 21.5. The Balaban J connectivity index is 0.00000253. The zero-order valence-electron chi connectivity index (χ0n) is 20.7. The van der Waals surface area contributed by atoms with Gasteiger partial charge < -0.3 is 15.4 Å². The van der Waals surface area contributed by atoms with Crippen LogP contribution in [0, 0.1) is 0 Å². The van der Waals surface area contributed by atoms with Gasteiger partial charge in [-0.05, 0) is 70.9 Å². The number of carbonyl (C=O) groups excluding carboxylic acids is 1. The normalized spacial score (nSPS) is 17.9. The summed E-state index contributed by atoms with van der Waals surface area (Å²) in [5.74, 6) is 0.168. The van der Waals surface area contributed by atoms with Crippen LogP contribution in [0.15, 0.2) is 53.7 Å². The lowest BCUT2D eigenvalue weighted by Gasteiger charge is -2.29. The van der Waals surface area contributed by atoms with Crippen LogP contribution < -0.4 is 20.1 Å². The van der Waals surface area contributed by atoms with E-state index in [4.69, 9.17) is 15.5 Å². The molecule has 4 heterocycles. The number of pyridine rings is 3. The Morgan fingerprint density at radius 2 is 1.83 bits per heavy atom. The monoisotopic (exact) mass is 516 g/mol. The molecular weight excluding hydrogens is 480 g/mol. The van der Waals surface area contributed by atoms with E-state index in [1.165, 1.54) is 18.2 Å². The number of hydrogen-bond donors (Lipinski definition) is 2. The third-order valence-electron chi connectivity index (χ3n) is 5.95. The summed E-state index contributed by atoms with van der Waals surface area (Å²) in [5.41, 5.74) is 7.13. The fourth-order valence-electron chi connectivity index (χ4n) is 4.25. The number of rotatable bonds is 7. The van der Waals surface area contributed by atoms with Gasteiger partial charge in [-0.2, -0.15) is 8.42 Å². The van der Waals surface area contributed by atoms with Gasteiger partial charge in [-0.3, -0.25) is 4.79 Å². The van der Waals surface area contributed by atoms with Crippen LogP contribution in [0.4, 0.5) is 11.6 Å². The first-order valence-corrected chi connectivity index (χ1v) is 13.3. The van der Waals surface area contributed by atoms with E-state index in [1.807, 2.05) is 19.9 Å². The first-order valence-electron chi connectivity index (χ1n) is 11.8. The molecule has 1 aliphatic heterocycles. The second-order valence-corrected chi connectivity index (χ2v) is 10.8. The maximum Gasteiger partial charge on any atom is 0.281 e. The van der Waals surface area contributed by atoms with Crippen molar-refractivity contribution in [2.45, 2.75) is 63.8 Å². The topological polar surface area (TPSA) is 140 Å². The summed E-state index contributed by atoms with van der Waals surface area (Å²) in [5, 5.41) is -0.334. The molecule has 0 aliphatic carbocycles. The van der Waals surface area contributed by atoms with E-state index < -0.39 is 15.9 Å². The van der Waals surface area contributed by atoms with Crippen molar-refractivity contribution in [2.75, 3.05) is 10.6 Å². The average Bonchev–Trinajstić information content (AvgIpc) is 3.16. The predicted molar refractivity (Wildman–Crippen MR) is 144 cm³/mol. The van der Waals surface area contributed by atoms with Gasteiger partial charge in [-0.25, -0.2) is 19.7 Å². The van der Waals surface area contributed by atoms with Gasteiger partial charge in [0, 0.05) is 34.2 Å². The number of nitrogens with zero attached hydrogens (tertiary/aromatic N) is 4. The zero-order chi connectivity index (χ0) is 26.0. The molecule has 0 spiro atoms. The van der Waals surface area contributed by atoms with Crippen molar-refractivity contribution in [3.05, 3.63) is 54.2 Å². The van der Waals surface area contributed by atoms with Crippen LogP contribution in [0.25, 0.3) is 11.3 Å². The van der Waals surface area contributed by atoms with Gasteiger partial charge in [0.25, 0.3) is 15.9 Å². The van der Waals surface area contributed by atoms with Gasteiger partial charge in [0.05, 0.1) is 17.4 Å². The number of ether oxygens (including phenoxy) is 1. The van der Waals surface area contributed by atoms with Gasteiger partial charge >= 0.3 is 0 Å². The molecular formula is C25H36N6O4S. The van der Waals surface area contributed by atoms with Crippen LogP contribution in [0.3, 0.4) is 0 Å². The Morgan fingerprint density at radius 3 is 2.44 bits per heavy atom. The molecule has 3 N–H and O–H groups in total. The lowest BCUT2D eigenvalue weighted by Crippen LogP contribution is -2.37. The largest absolute Gasteiger partial charge is 0.475 e. The number of nitrogens with two attached hydrogens (primary N) is 1. The van der Waals surface area contributed by atoms with E-state index in [2.05, 4.69) is 33.4 Å². The second-order valence-electron chi connectivity index (χ2n) is 9.14. The molecule has 2 atom stereocenters. The molecule has 1 aliphatic rings. The summed E-state index contributed by atoms with van der Waals surface area (Å²) in [7, 11) is -4.24. The Morgan fingerprint density at radius 1 is 1.11 bits per heavy atom. The summed E-state index contributed by atoms with van der Waals surface area (Å²) in [6.45, 7) is 7.97. The molecule has 3 aromatic rings. The number of aromatic nitrogens is 3. The molecule has 11 heteroatoms. The molecule has 1 saturated heterocycles. The highest BCUT2D eigenvalue weighted by Crippen LogP contribution is 2.33. The fourth-order valence-corrected chi connectivity index (χ4v) is 5.19. The highest BCUT2D eigenvalue weighted by Gasteiger charge is 2.33. The van der Waals surface area contributed by atoms with Crippen molar-refractivity contribution < 1.29 is 22.2 Å². The number of amides is 1. The van der Waals surface area contributed by atoms with Crippen LogP contribution in [0.1, 0.15) is 55.2 Å². The van der Waals surface area contributed by atoms with E-state index in [0.717, 1.165) is 18.4 Å². The first-order chi connectivity index (χ1) is 17.0. The molecule has 1 fully saturated rings. The minimum Gasteiger partial charge on any atom is -0.475 e. The van der Waals surface area contributed by atoms with Crippen molar-refractivity contribution in [1.82, 2.24) is 19.7 Å². The van der Waals surface area contributed by atoms with Gasteiger partial charge in [0.2, 0.25) is 5.88 Å². The number of sulfonamides is 1. The summed E-state index contributed by atoms with van der Waals surface area (Å²) >= 11 is 0. The van der Waals surface area contributed by atoms with Crippen molar-refractivity contribution in [3.63, 3.8) is 0 Å². The van der Waals surface area contributed by atoms with Gasteiger partial charge in [0.1, 0.15) is 11.6 Å². The van der Waals surface area contributed by atoms with Crippen molar-refractivity contribution in [1.29, 1.82) is 0 Å². The van der Waals surface area contributed by atoms with Crippen LogP contribution in [0.2, 0.25) is 0 Å². The van der Waals surface area contributed by atoms with Crippen LogP contribution in [-0.4, -0.2) is 47.5 Å². The Kier molecular flexibility index (Phi) is 7.11. The van der Waals surface area contributed by atoms with E-state index in [0.29, 0.717) is 17.4 Å². The highest BCUT2D eigenvalue weighted by molar-refractivity contribution is 7.90. The minimum atomic E-state index is -4.24. The SMILES string of the molecule is CC(C)Oc1ccc(-c2ccc(C(=O)NS(=O)(=O)c3cccc(N)n3)c(N3[C@@H](C)CC[C@@H]3C)n2)cn1.[HH].[HH].[HH]. The summed E-state index contributed by atoms with van der Waals surface area (Å²) in [6, 6.07) is 11.3. The maximum atomic E-state index is 13.3. The quantitative estimate of drug-likeness (QED) is 0.474. The van der Waals surface area contributed by atoms with Crippen LogP contribution >= 0.6 is 0 Å². The molecule has 0 bridgehead atoms. The van der Waals surface area contributed by atoms with Crippen molar-refractivity contribution >= 4 is 27.6 Å². The van der Waals surface area contributed by atoms with Crippen LogP contribution in [-0.2, 0) is 10.0 Å². The van der Waals surface area contributed by atoms with E-state index >= 15 is 0 Å². The first kappa shape index (κ1) is 25.4. The van der Waals surface area contributed by atoms with E-state index in [1.54, 1.807) is 24.4 Å². The summed E-state index contributed by atoms with van der Waals surface area (Å²) in [6.07, 6.45) is 3.53. The lowest BCUT2D eigenvalue weighted by atomic mass is 10.1. The Labute approximate surface area is 215 Å². The molecule has 0 saturated carbocycles. The predicted octanol–water partition coefficient (Wildman–Crippen LogP) is 4.14. The standard InChI is InChI=1S/C25H30N6O4S.3H2/c1-15(2)35-22-13-10-18(14-27-22)20-12-11-19(24(28-20)31-16(3)8-9-17(31)4)25(32)30-36(33,34)23-7-5-6-21(26)29-23;;;/h5-7,10-17H,8-9H2,1-4H3,(H2,26,29)(H,30,32);3*1H/t16-,17-;;;/m0.../s1. The van der Waals surface area contributed by atoms with E-state index in [-0.39, 0.29) is 38.9 Å². The molecule has 196 valence electrons. The number of hydrogen-bond acceptors (Lipinski definition) is 9. The van der Waals surface area contributed by atoms with Gasteiger partial charge in [-0.15, -0.1) is 0 Å². The average molecular weight is 517 g/mol. The molecule has 4 rings (SSSR count). The fraction of sp³-hybridized carbons (Fsp3) is 0.360. The lowest BCUT2D eigenvalue weighted by molar-refractivity contribution is 0.0981. The Bertz CT molecular complexity index is 1370. The highest BCUT2D eigenvalue weighted by atomic mass is 32.2. The number of nitrogen functional groups attached to an aromatic ring is 1. The molecule has 10 nitrogen and oxygen atoms in total. The van der Waals surface area contributed by atoms with Crippen molar-refractivity contribution in [3.8, 4) is 17.1 Å². The summed E-state index contributed by atoms with van der Waals surface area (Å²) in [4.78, 5) is 28.3. The molecule has 3 aromatic heterocycles. The number of carbonyl (C=O) groups is 1. The number of anilines is 2. The molecule has 1 amide bonds. The minimum absolute atomic E-state index is 0. The second kappa shape index (κ2) is 10.1. The summed E-state index contributed by atoms with van der Waals surface area (Å²) < 4.78 is 33.4. The maximum absolute atomic E-state index is 13.3. The molecule has 0 aromatic carbocycles. The third kappa shape index (κ3) is 5.40. The van der Waals surface area contributed by atoms with Crippen molar-refractivity contribution in [2.24, 2.45) is 0 Å². The third-order valence-corrected chi connectivity index (χ3v) is 7.18. The molecule has 0 radical (unpaired) electrons. The molecule has 36 heavy (non-hydrogen) atoms. The molecule has 0 unspecified atom stereocenters. The van der Waals surface area contributed by atoms with E-state index in [9.17, 15) is 13.2 Å². The Hall–Kier alpha value is -3.73. The van der Waals surface area contributed by atoms with Gasteiger partial charge in [-0.1, -0.05) is 6.07 Å². The smallest absolute Gasteiger partial charge is 0.281 e. The van der Waals surface area contributed by atoms with Crippen LogP contribution in [0.5, 0.6) is 5.88 Å². The number of nitrogens with one attached hydrogen (secondary N) is 1.